The van der Waals surface area contributed by atoms with Gasteiger partial charge in [0.2, 0.25) is 0 Å². The van der Waals surface area contributed by atoms with E-state index in [-0.39, 0.29) is 0 Å². The minimum atomic E-state index is 0.557. The van der Waals surface area contributed by atoms with Crippen LogP contribution in [0.4, 0.5) is 10.8 Å². The smallest absolute Gasteiger partial charge is 0.147 e. The van der Waals surface area contributed by atoms with E-state index in [9.17, 15) is 0 Å². The molecular weight excluding hydrogens is 290 g/mol. The lowest BCUT2D eigenvalue weighted by atomic mass is 10.1. The second-order valence-corrected chi connectivity index (χ2v) is 5.79. The zero-order valence-electron chi connectivity index (χ0n) is 10.9. The van der Waals surface area contributed by atoms with Gasteiger partial charge in [-0.3, -0.25) is 4.98 Å². The van der Waals surface area contributed by atoms with E-state index in [2.05, 4.69) is 19.2 Å². The molecule has 0 aliphatic carbocycles. The number of nitrogens with two attached hydrogens (primary N) is 1. The van der Waals surface area contributed by atoms with Gasteiger partial charge in [0.05, 0.1) is 23.3 Å². The van der Waals surface area contributed by atoms with Gasteiger partial charge in [-0.15, -0.1) is 11.3 Å². The van der Waals surface area contributed by atoms with Crippen molar-refractivity contribution in [1.29, 1.82) is 0 Å². The normalized spacial score (nSPS) is 10.7. The summed E-state index contributed by atoms with van der Waals surface area (Å²) in [5.74, 6) is 0.557. The standard InChI is InChI=1S/C13H13N5S2/c1-18(6-10-7-19-8-16-10)13-11(12(14)17-20-13)9-2-4-15-5-3-9/h2-5,7-8H,6H2,1H3,(H2,14,17). The lowest BCUT2D eigenvalue weighted by Crippen LogP contribution is -2.16. The first-order valence-corrected chi connectivity index (χ1v) is 7.71. The Morgan fingerprint density at radius 2 is 2.10 bits per heavy atom. The second-order valence-electron chi connectivity index (χ2n) is 4.32. The molecule has 0 aromatic carbocycles. The predicted molar refractivity (Wildman–Crippen MR) is 84.0 cm³/mol. The molecule has 102 valence electrons. The van der Waals surface area contributed by atoms with Gasteiger partial charge in [0.15, 0.2) is 0 Å². The van der Waals surface area contributed by atoms with Crippen LogP contribution in [0.5, 0.6) is 0 Å². The van der Waals surface area contributed by atoms with Crippen LogP contribution < -0.4 is 10.6 Å². The van der Waals surface area contributed by atoms with E-state index < -0.39 is 0 Å². The first kappa shape index (κ1) is 13.0. The summed E-state index contributed by atoms with van der Waals surface area (Å²) >= 11 is 3.01. The molecule has 0 bridgehead atoms. The van der Waals surface area contributed by atoms with Crippen molar-refractivity contribution in [2.45, 2.75) is 6.54 Å². The van der Waals surface area contributed by atoms with E-state index >= 15 is 0 Å². The van der Waals surface area contributed by atoms with Crippen LogP contribution in [0.15, 0.2) is 35.4 Å². The van der Waals surface area contributed by atoms with Crippen LogP contribution in [0.25, 0.3) is 11.1 Å². The molecule has 7 heteroatoms. The zero-order valence-corrected chi connectivity index (χ0v) is 12.5. The molecule has 0 amide bonds. The first-order chi connectivity index (χ1) is 9.75. The third-order valence-corrected chi connectivity index (χ3v) is 4.51. The summed E-state index contributed by atoms with van der Waals surface area (Å²) < 4.78 is 4.28. The molecule has 0 atom stereocenters. The van der Waals surface area contributed by atoms with Gasteiger partial charge < -0.3 is 10.6 Å². The second kappa shape index (κ2) is 5.56. The quantitative estimate of drug-likeness (QED) is 0.802. The Hall–Kier alpha value is -1.99. The molecule has 3 aromatic heterocycles. The maximum atomic E-state index is 6.02. The molecule has 0 unspecified atom stereocenters. The summed E-state index contributed by atoms with van der Waals surface area (Å²) in [7, 11) is 2.02. The number of thiazole rings is 1. The van der Waals surface area contributed by atoms with Crippen LogP contribution >= 0.6 is 22.9 Å². The number of nitrogen functional groups attached to an aromatic ring is 1. The minimum Gasteiger partial charge on any atom is -0.382 e. The van der Waals surface area contributed by atoms with Gasteiger partial charge in [0.1, 0.15) is 10.8 Å². The van der Waals surface area contributed by atoms with Gasteiger partial charge in [-0.05, 0) is 29.2 Å². The zero-order chi connectivity index (χ0) is 13.9. The number of anilines is 2. The average molecular weight is 303 g/mol. The highest BCUT2D eigenvalue weighted by Crippen LogP contribution is 2.38. The summed E-state index contributed by atoms with van der Waals surface area (Å²) in [5.41, 5.74) is 10.9. The number of rotatable bonds is 4. The first-order valence-electron chi connectivity index (χ1n) is 5.99. The maximum Gasteiger partial charge on any atom is 0.147 e. The molecule has 0 saturated carbocycles. The molecular formula is C13H13N5S2. The van der Waals surface area contributed by atoms with Gasteiger partial charge in [0.25, 0.3) is 0 Å². The molecule has 0 radical (unpaired) electrons. The Kier molecular flexibility index (Phi) is 3.62. The van der Waals surface area contributed by atoms with E-state index in [1.807, 2.05) is 30.1 Å². The van der Waals surface area contributed by atoms with Crippen LogP contribution in [0.1, 0.15) is 5.69 Å². The summed E-state index contributed by atoms with van der Waals surface area (Å²) in [4.78, 5) is 10.5. The molecule has 0 spiro atoms. The molecule has 0 fully saturated rings. The van der Waals surface area contributed by atoms with Crippen LogP contribution in [0.3, 0.4) is 0 Å². The van der Waals surface area contributed by atoms with E-state index in [0.29, 0.717) is 5.82 Å². The Bertz CT molecular complexity index is 678. The minimum absolute atomic E-state index is 0.557. The van der Waals surface area contributed by atoms with Crippen molar-refractivity contribution in [3.8, 4) is 11.1 Å². The molecule has 3 rings (SSSR count). The third-order valence-electron chi connectivity index (χ3n) is 2.90. The van der Waals surface area contributed by atoms with Crippen LogP contribution in [-0.4, -0.2) is 21.4 Å². The van der Waals surface area contributed by atoms with Crippen molar-refractivity contribution in [3.63, 3.8) is 0 Å². The van der Waals surface area contributed by atoms with E-state index in [1.165, 1.54) is 11.5 Å². The van der Waals surface area contributed by atoms with Crippen LogP contribution in [0, 0.1) is 0 Å². The Balaban J connectivity index is 1.94. The highest BCUT2D eigenvalue weighted by Gasteiger charge is 2.17. The monoisotopic (exact) mass is 303 g/mol. The largest absolute Gasteiger partial charge is 0.382 e. The molecule has 0 aliphatic heterocycles. The Morgan fingerprint density at radius 1 is 1.30 bits per heavy atom. The van der Waals surface area contributed by atoms with Crippen molar-refractivity contribution < 1.29 is 0 Å². The highest BCUT2D eigenvalue weighted by atomic mass is 32.1. The van der Waals surface area contributed by atoms with Crippen molar-refractivity contribution in [3.05, 3.63) is 41.1 Å². The molecule has 3 aromatic rings. The summed E-state index contributed by atoms with van der Waals surface area (Å²) in [6, 6.07) is 3.89. The van der Waals surface area contributed by atoms with Gasteiger partial charge in [0, 0.05) is 24.8 Å². The average Bonchev–Trinajstić information content (AvgIpc) is 3.09. The van der Waals surface area contributed by atoms with Gasteiger partial charge in [-0.25, -0.2) is 4.98 Å². The number of pyridine rings is 1. The van der Waals surface area contributed by atoms with Gasteiger partial charge >= 0.3 is 0 Å². The van der Waals surface area contributed by atoms with Gasteiger partial charge in [-0.1, -0.05) is 0 Å². The summed E-state index contributed by atoms with van der Waals surface area (Å²) in [6.45, 7) is 0.739. The topological polar surface area (TPSA) is 67.9 Å². The van der Waals surface area contributed by atoms with Crippen molar-refractivity contribution >= 4 is 33.7 Å². The predicted octanol–water partition coefficient (Wildman–Crippen LogP) is 2.88. The third kappa shape index (κ3) is 2.50. The molecule has 3 heterocycles. The molecule has 5 nitrogen and oxygen atoms in total. The number of hydrogen-bond donors (Lipinski definition) is 1. The van der Waals surface area contributed by atoms with Crippen molar-refractivity contribution in [2.24, 2.45) is 0 Å². The van der Waals surface area contributed by atoms with Crippen molar-refractivity contribution in [1.82, 2.24) is 14.3 Å². The fourth-order valence-electron chi connectivity index (χ4n) is 1.97. The molecule has 0 aliphatic rings. The fraction of sp³-hybridized carbons (Fsp3) is 0.154. The lowest BCUT2D eigenvalue weighted by molar-refractivity contribution is 0.905. The maximum absolute atomic E-state index is 6.02. The van der Waals surface area contributed by atoms with E-state index in [4.69, 9.17) is 5.73 Å². The van der Waals surface area contributed by atoms with Crippen LogP contribution in [-0.2, 0) is 6.54 Å². The highest BCUT2D eigenvalue weighted by molar-refractivity contribution is 7.11. The fourth-order valence-corrected chi connectivity index (χ4v) is 3.32. The lowest BCUT2D eigenvalue weighted by Gasteiger charge is -2.17. The summed E-state index contributed by atoms with van der Waals surface area (Å²) in [6.07, 6.45) is 3.52. The Morgan fingerprint density at radius 3 is 2.80 bits per heavy atom. The number of hydrogen-bond acceptors (Lipinski definition) is 7. The van der Waals surface area contributed by atoms with E-state index in [1.54, 1.807) is 23.7 Å². The Labute approximate surface area is 124 Å². The SMILES string of the molecule is CN(Cc1cscn1)c1snc(N)c1-c1ccncc1. The summed E-state index contributed by atoms with van der Waals surface area (Å²) in [5, 5.41) is 3.09. The molecule has 2 N–H and O–H groups in total. The molecule has 20 heavy (non-hydrogen) atoms. The number of nitrogens with zero attached hydrogens (tertiary/aromatic N) is 4. The van der Waals surface area contributed by atoms with Crippen LogP contribution in [0.2, 0.25) is 0 Å². The van der Waals surface area contributed by atoms with E-state index in [0.717, 1.165) is 28.4 Å². The van der Waals surface area contributed by atoms with Crippen molar-refractivity contribution in [2.75, 3.05) is 17.7 Å². The molecule has 0 saturated heterocycles. The van der Waals surface area contributed by atoms with Gasteiger partial charge in [-0.2, -0.15) is 4.37 Å². The number of aromatic nitrogens is 3.